The van der Waals surface area contributed by atoms with Crippen molar-refractivity contribution in [2.75, 3.05) is 20.6 Å². The number of carbonyl (C=O) groups excluding carboxylic acids is 1. The van der Waals surface area contributed by atoms with Crippen molar-refractivity contribution in [2.45, 2.75) is 19.4 Å². The van der Waals surface area contributed by atoms with E-state index in [1.807, 2.05) is 44.4 Å². The largest absolute Gasteiger partial charge is 0.345 e. The number of hydrogen-bond donors (Lipinski definition) is 2. The highest BCUT2D eigenvalue weighted by Crippen LogP contribution is 2.19. The van der Waals surface area contributed by atoms with Crippen LogP contribution in [0.15, 0.2) is 46.0 Å². The predicted molar refractivity (Wildman–Crippen MR) is 112 cm³/mol. The van der Waals surface area contributed by atoms with Crippen LogP contribution in [0.3, 0.4) is 0 Å². The fourth-order valence-electron chi connectivity index (χ4n) is 3.27. The molecule has 0 aliphatic heterocycles. The molecule has 0 unspecified atom stereocenters. The Bertz CT molecular complexity index is 1150. The fraction of sp³-hybridized carbons (Fsp3) is 0.333. The minimum atomic E-state index is -0.620. The second-order valence-electron chi connectivity index (χ2n) is 7.36. The number of aromatic nitrogens is 3. The number of hydrogen-bond acceptors (Lipinski definition) is 5. The molecular weight excluding hydrogens is 370 g/mol. The van der Waals surface area contributed by atoms with E-state index in [0.29, 0.717) is 12.1 Å². The molecule has 0 spiro atoms. The summed E-state index contributed by atoms with van der Waals surface area (Å²) in [6.45, 7) is 2.51. The monoisotopic (exact) mass is 395 g/mol. The highest BCUT2D eigenvalue weighted by molar-refractivity contribution is 6.05. The van der Waals surface area contributed by atoms with Crippen molar-refractivity contribution >= 4 is 16.9 Å². The Morgan fingerprint density at radius 3 is 2.59 bits per heavy atom. The van der Waals surface area contributed by atoms with Gasteiger partial charge >= 0.3 is 5.69 Å². The SMILES string of the molecule is Cc1cc(C(=O)N[C@H](CCN(C)C)c2ccccc2)c2c(=O)[nH]c(=O)n(C)c2n1. The van der Waals surface area contributed by atoms with Gasteiger partial charge in [-0.2, -0.15) is 0 Å². The number of nitrogens with zero attached hydrogens (tertiary/aromatic N) is 3. The molecule has 152 valence electrons. The van der Waals surface area contributed by atoms with Crippen LogP contribution in [0.25, 0.3) is 11.0 Å². The average molecular weight is 395 g/mol. The second-order valence-corrected chi connectivity index (χ2v) is 7.36. The molecule has 0 radical (unpaired) electrons. The van der Waals surface area contributed by atoms with Crippen molar-refractivity contribution in [3.05, 3.63) is 74.1 Å². The molecule has 2 N–H and O–H groups in total. The summed E-state index contributed by atoms with van der Waals surface area (Å²) in [5, 5.41) is 3.16. The summed E-state index contributed by atoms with van der Waals surface area (Å²) in [4.78, 5) is 46.2. The van der Waals surface area contributed by atoms with Gasteiger partial charge in [-0.15, -0.1) is 0 Å². The molecule has 0 bridgehead atoms. The minimum Gasteiger partial charge on any atom is -0.345 e. The van der Waals surface area contributed by atoms with Gasteiger partial charge in [-0.05, 0) is 45.6 Å². The summed E-state index contributed by atoms with van der Waals surface area (Å²) in [5.74, 6) is -0.378. The Morgan fingerprint density at radius 2 is 1.93 bits per heavy atom. The molecule has 2 heterocycles. The van der Waals surface area contributed by atoms with Crippen molar-refractivity contribution in [1.82, 2.24) is 24.8 Å². The number of nitrogens with one attached hydrogen (secondary N) is 2. The highest BCUT2D eigenvalue weighted by Gasteiger charge is 2.21. The number of pyridine rings is 1. The predicted octanol–water partition coefficient (Wildman–Crippen LogP) is 1.35. The van der Waals surface area contributed by atoms with Gasteiger partial charge in [0.05, 0.1) is 17.0 Å². The van der Waals surface area contributed by atoms with Crippen LogP contribution in [0.2, 0.25) is 0 Å². The van der Waals surface area contributed by atoms with E-state index in [2.05, 4.69) is 20.2 Å². The number of aromatic amines is 1. The molecule has 0 aliphatic rings. The maximum atomic E-state index is 13.2. The first-order chi connectivity index (χ1) is 13.8. The van der Waals surface area contributed by atoms with Gasteiger partial charge in [0, 0.05) is 12.7 Å². The average Bonchev–Trinajstić information content (AvgIpc) is 2.69. The number of H-pyrrole nitrogens is 1. The first-order valence-electron chi connectivity index (χ1n) is 9.39. The molecule has 1 atom stereocenters. The number of amides is 1. The smallest absolute Gasteiger partial charge is 0.329 e. The van der Waals surface area contributed by atoms with Crippen molar-refractivity contribution in [3.63, 3.8) is 0 Å². The molecule has 0 saturated carbocycles. The number of carbonyl (C=O) groups is 1. The lowest BCUT2D eigenvalue weighted by molar-refractivity contribution is 0.0934. The van der Waals surface area contributed by atoms with Crippen LogP contribution in [0.5, 0.6) is 0 Å². The lowest BCUT2D eigenvalue weighted by Gasteiger charge is -2.22. The zero-order chi connectivity index (χ0) is 21.1. The molecule has 3 rings (SSSR count). The van der Waals surface area contributed by atoms with Crippen molar-refractivity contribution in [2.24, 2.45) is 7.05 Å². The Hall–Kier alpha value is -3.26. The second kappa shape index (κ2) is 8.40. The quantitative estimate of drug-likeness (QED) is 0.656. The van der Waals surface area contributed by atoms with Gasteiger partial charge in [-0.3, -0.25) is 19.1 Å². The van der Waals surface area contributed by atoms with E-state index >= 15 is 0 Å². The molecule has 2 aromatic heterocycles. The van der Waals surface area contributed by atoms with Crippen molar-refractivity contribution < 1.29 is 4.79 Å². The third kappa shape index (κ3) is 4.43. The first-order valence-corrected chi connectivity index (χ1v) is 9.39. The third-order valence-electron chi connectivity index (χ3n) is 4.82. The van der Waals surface area contributed by atoms with E-state index in [4.69, 9.17) is 0 Å². The molecule has 8 heteroatoms. The van der Waals surface area contributed by atoms with Crippen LogP contribution in [0.4, 0.5) is 0 Å². The topological polar surface area (TPSA) is 100 Å². The maximum absolute atomic E-state index is 13.2. The van der Waals surface area contributed by atoms with Gasteiger partial charge in [0.2, 0.25) is 0 Å². The van der Waals surface area contributed by atoms with E-state index in [-0.39, 0.29) is 28.5 Å². The molecule has 1 aromatic carbocycles. The summed E-state index contributed by atoms with van der Waals surface area (Å²) in [6.07, 6.45) is 0.708. The summed E-state index contributed by atoms with van der Waals surface area (Å²) in [6, 6.07) is 11.1. The van der Waals surface area contributed by atoms with E-state index in [9.17, 15) is 14.4 Å². The molecule has 0 aliphatic carbocycles. The van der Waals surface area contributed by atoms with E-state index < -0.39 is 11.2 Å². The van der Waals surface area contributed by atoms with Crippen molar-refractivity contribution in [3.8, 4) is 0 Å². The Kier molecular flexibility index (Phi) is 5.93. The maximum Gasteiger partial charge on any atom is 0.329 e. The third-order valence-corrected chi connectivity index (χ3v) is 4.82. The molecule has 8 nitrogen and oxygen atoms in total. The lowest BCUT2D eigenvalue weighted by Crippen LogP contribution is -2.34. The highest BCUT2D eigenvalue weighted by atomic mass is 16.2. The standard InChI is InChI=1S/C21H25N5O3/c1-13-12-15(17-18(22-13)26(4)21(29)24-20(17)28)19(27)23-16(10-11-25(2)3)14-8-6-5-7-9-14/h5-9,12,16H,10-11H2,1-4H3,(H,23,27)(H,24,28,29)/t16-/m1/s1. The Morgan fingerprint density at radius 1 is 1.24 bits per heavy atom. The van der Waals surface area contributed by atoms with Gasteiger partial charge in [-0.25, -0.2) is 9.78 Å². The Balaban J connectivity index is 2.05. The number of fused-ring (bicyclic) bond motifs is 1. The van der Waals surface area contributed by atoms with Crippen LogP contribution in [-0.4, -0.2) is 46.0 Å². The van der Waals surface area contributed by atoms with Crippen LogP contribution < -0.4 is 16.6 Å². The van der Waals surface area contributed by atoms with Gasteiger partial charge in [-0.1, -0.05) is 30.3 Å². The van der Waals surface area contributed by atoms with Crippen LogP contribution in [0.1, 0.15) is 34.1 Å². The van der Waals surface area contributed by atoms with Crippen molar-refractivity contribution in [1.29, 1.82) is 0 Å². The fourth-order valence-corrected chi connectivity index (χ4v) is 3.27. The number of aryl methyl sites for hydroxylation is 2. The zero-order valence-electron chi connectivity index (χ0n) is 17.0. The summed E-state index contributed by atoms with van der Waals surface area (Å²) >= 11 is 0. The zero-order valence-corrected chi connectivity index (χ0v) is 17.0. The molecule has 0 fully saturated rings. The van der Waals surface area contributed by atoms with Crippen LogP contribution >= 0.6 is 0 Å². The van der Waals surface area contributed by atoms with E-state index in [0.717, 1.165) is 12.1 Å². The van der Waals surface area contributed by atoms with Gasteiger partial charge in [0.15, 0.2) is 0 Å². The molecular formula is C21H25N5O3. The molecule has 0 saturated heterocycles. The minimum absolute atomic E-state index is 0.106. The normalized spacial score (nSPS) is 12.3. The molecule has 3 aromatic rings. The summed E-state index contributed by atoms with van der Waals surface area (Å²) < 4.78 is 1.24. The number of rotatable bonds is 6. The molecule has 1 amide bonds. The lowest BCUT2D eigenvalue weighted by atomic mass is 10.0. The summed E-state index contributed by atoms with van der Waals surface area (Å²) in [7, 11) is 5.46. The summed E-state index contributed by atoms with van der Waals surface area (Å²) in [5.41, 5.74) is 0.737. The van der Waals surface area contributed by atoms with Gasteiger partial charge in [0.25, 0.3) is 11.5 Å². The number of benzene rings is 1. The van der Waals surface area contributed by atoms with Crippen LogP contribution in [-0.2, 0) is 7.05 Å². The van der Waals surface area contributed by atoms with Gasteiger partial charge < -0.3 is 10.2 Å². The van der Waals surface area contributed by atoms with Crippen LogP contribution in [0, 0.1) is 6.92 Å². The van der Waals surface area contributed by atoms with E-state index in [1.165, 1.54) is 11.6 Å². The van der Waals surface area contributed by atoms with Gasteiger partial charge in [0.1, 0.15) is 5.65 Å². The first kappa shape index (κ1) is 20.5. The Labute approximate surface area is 168 Å². The molecule has 29 heavy (non-hydrogen) atoms. The van der Waals surface area contributed by atoms with E-state index in [1.54, 1.807) is 13.0 Å².